The molecule has 36 heavy (non-hydrogen) atoms. The first kappa shape index (κ1) is 29.2. The van der Waals surface area contributed by atoms with Crippen LogP contribution < -0.4 is 8.85 Å². The zero-order chi connectivity index (χ0) is 27.3. The third-order valence-corrected chi connectivity index (χ3v) is 7.02. The topological polar surface area (TPSA) is 27.2 Å². The molecule has 2 aromatic rings. The van der Waals surface area contributed by atoms with Gasteiger partial charge in [-0.3, -0.25) is 9.69 Å². The Morgan fingerprint density at radius 2 is 1.00 bits per heavy atom. The fourth-order valence-electron chi connectivity index (χ4n) is 3.57. The van der Waals surface area contributed by atoms with E-state index in [-0.39, 0.29) is 22.2 Å². The van der Waals surface area contributed by atoms with E-state index in [4.69, 9.17) is 22.0 Å². The van der Waals surface area contributed by atoms with Gasteiger partial charge in [-0.1, -0.05) is 78.0 Å². The van der Waals surface area contributed by atoms with Gasteiger partial charge in [-0.15, -0.1) is 0 Å². The number of rotatable bonds is 7. The molecule has 0 radical (unpaired) electrons. The van der Waals surface area contributed by atoms with Gasteiger partial charge in [-0.2, -0.15) is 0 Å². The summed E-state index contributed by atoms with van der Waals surface area (Å²) in [7, 11) is -2.75. The summed E-state index contributed by atoms with van der Waals surface area (Å²) in [6.07, 6.45) is 3.55. The molecule has 0 amide bonds. The molecule has 0 N–H and O–H groups in total. The van der Waals surface area contributed by atoms with Gasteiger partial charge >= 0.3 is 0 Å². The van der Waals surface area contributed by atoms with Crippen LogP contribution in [0.25, 0.3) is 21.8 Å². The summed E-state index contributed by atoms with van der Waals surface area (Å²) in [4.78, 5) is 7.48. The van der Waals surface area contributed by atoms with E-state index >= 15 is 0 Å². The molecule has 0 aliphatic heterocycles. The van der Waals surface area contributed by atoms with Crippen molar-refractivity contribution in [1.82, 2.24) is 0 Å². The first-order valence-corrected chi connectivity index (χ1v) is 18.0. The molecular formula is C30H40N2O2Si2. The maximum absolute atomic E-state index is 7.86. The van der Waals surface area contributed by atoms with E-state index in [1.807, 2.05) is 12.1 Å². The summed E-state index contributed by atoms with van der Waals surface area (Å²) in [5, 5.41) is 0. The second kappa shape index (κ2) is 11.8. The molecule has 6 heteroatoms. The second-order valence-electron chi connectivity index (χ2n) is 11.6. The number of benzene rings is 2. The van der Waals surface area contributed by atoms with Gasteiger partial charge < -0.3 is 8.85 Å². The normalized spacial score (nSPS) is 12.9. The van der Waals surface area contributed by atoms with Crippen LogP contribution in [0.5, 0.6) is 11.5 Å². The number of nitrogens with zero attached hydrogens (tertiary/aromatic N) is 2. The van der Waals surface area contributed by atoms with Gasteiger partial charge in [0, 0.05) is 11.1 Å². The van der Waals surface area contributed by atoms with E-state index in [0.29, 0.717) is 0 Å². The van der Waals surface area contributed by atoms with Crippen LogP contribution in [0.15, 0.2) is 47.8 Å². The highest BCUT2D eigenvalue weighted by Crippen LogP contribution is 2.34. The monoisotopic (exact) mass is 516 g/mol. The summed E-state index contributed by atoms with van der Waals surface area (Å²) in [5.41, 5.74) is 4.53. The van der Waals surface area contributed by atoms with Gasteiger partial charge in [0.05, 0.1) is 13.1 Å². The first-order chi connectivity index (χ1) is 16.6. The Morgan fingerprint density at radius 1 is 0.667 bits per heavy atom. The molecule has 0 spiro atoms. The third-order valence-electron chi connectivity index (χ3n) is 5.57. The van der Waals surface area contributed by atoms with Gasteiger partial charge in [0.15, 0.2) is 11.4 Å². The predicted molar refractivity (Wildman–Crippen MR) is 158 cm³/mol. The molecule has 0 unspecified atom stereocenters. The molecule has 4 nitrogen and oxygen atoms in total. The molecule has 2 rings (SSSR count). The van der Waals surface area contributed by atoms with E-state index < -0.39 is 18.1 Å². The van der Waals surface area contributed by atoms with Gasteiger partial charge in [0.25, 0.3) is 0 Å². The van der Waals surface area contributed by atoms with Crippen LogP contribution in [0.3, 0.4) is 0 Å². The molecule has 0 atom stereocenters. The van der Waals surface area contributed by atoms with E-state index in [9.17, 15) is 0 Å². The molecule has 0 fully saturated rings. The average Bonchev–Trinajstić information content (AvgIpc) is 2.75. The minimum absolute atomic E-state index is 0.0154. The Bertz CT molecular complexity index is 1130. The number of hydrogen-bond acceptors (Lipinski definition) is 2. The van der Waals surface area contributed by atoms with Crippen LogP contribution in [0, 0.1) is 13.1 Å². The van der Waals surface area contributed by atoms with Gasteiger partial charge in [-0.05, 0) is 60.3 Å². The van der Waals surface area contributed by atoms with E-state index in [1.54, 1.807) is 12.2 Å². The molecule has 0 heterocycles. The fraction of sp³-hybridized carbons (Fsp3) is 0.400. The molecule has 0 aliphatic carbocycles. The smallest absolute Gasteiger partial charge is 0.229 e. The van der Waals surface area contributed by atoms with Crippen LogP contribution in [-0.4, -0.2) is 18.1 Å². The Kier molecular flexibility index (Phi) is 9.54. The zero-order valence-corrected chi connectivity index (χ0v) is 25.8. The SMILES string of the molecule is [C-]#[N+]C(=Cc1ccc(C(C)(C)C)cc1O[SiH](C)C)C(=Cc1ccc(C(C)(C)C)cc1O[SiH](C)C)[N+]#[C-]. The Morgan fingerprint density at radius 3 is 1.25 bits per heavy atom. The highest BCUT2D eigenvalue weighted by atomic mass is 28.3. The van der Waals surface area contributed by atoms with Gasteiger partial charge in [-0.25, -0.2) is 0 Å². The average molecular weight is 517 g/mol. The lowest BCUT2D eigenvalue weighted by Crippen LogP contribution is -2.15. The highest BCUT2D eigenvalue weighted by molar-refractivity contribution is 6.49. The first-order valence-electron chi connectivity index (χ1n) is 12.5. The largest absolute Gasteiger partial charge is 0.547 e. The van der Waals surface area contributed by atoms with E-state index in [2.05, 4.69) is 102 Å². The molecular weight excluding hydrogens is 477 g/mol. The maximum Gasteiger partial charge on any atom is 0.229 e. The highest BCUT2D eigenvalue weighted by Gasteiger charge is 2.19. The van der Waals surface area contributed by atoms with Crippen molar-refractivity contribution in [1.29, 1.82) is 0 Å². The molecule has 0 saturated heterocycles. The van der Waals surface area contributed by atoms with Crippen molar-refractivity contribution < 1.29 is 8.85 Å². The molecule has 0 aromatic heterocycles. The zero-order valence-electron chi connectivity index (χ0n) is 23.5. The lowest BCUT2D eigenvalue weighted by molar-refractivity contribution is 0.559. The third kappa shape index (κ3) is 7.98. The van der Waals surface area contributed by atoms with Gasteiger partial charge in [0.1, 0.15) is 11.5 Å². The Labute approximate surface area is 221 Å². The van der Waals surface area contributed by atoms with Crippen molar-refractivity contribution >= 4 is 30.2 Å². The summed E-state index contributed by atoms with van der Waals surface area (Å²) in [6.45, 7) is 37.2. The summed E-state index contributed by atoms with van der Waals surface area (Å²) < 4.78 is 12.5. The molecule has 190 valence electrons. The summed E-state index contributed by atoms with van der Waals surface area (Å²) in [5.74, 6) is 1.55. The maximum atomic E-state index is 7.86. The van der Waals surface area contributed by atoms with Crippen molar-refractivity contribution in [2.75, 3.05) is 0 Å². The van der Waals surface area contributed by atoms with Crippen LogP contribution in [0.1, 0.15) is 63.8 Å². The molecule has 0 bridgehead atoms. The lowest BCUT2D eigenvalue weighted by Gasteiger charge is -2.22. The van der Waals surface area contributed by atoms with Crippen molar-refractivity contribution in [3.63, 3.8) is 0 Å². The van der Waals surface area contributed by atoms with Crippen LogP contribution in [0.2, 0.25) is 26.2 Å². The summed E-state index contributed by atoms with van der Waals surface area (Å²) >= 11 is 0. The summed E-state index contributed by atoms with van der Waals surface area (Å²) in [6, 6.07) is 12.3. The van der Waals surface area contributed by atoms with Crippen LogP contribution >= 0.6 is 0 Å². The second-order valence-corrected chi connectivity index (χ2v) is 16.3. The van der Waals surface area contributed by atoms with Gasteiger partial charge in [0.2, 0.25) is 18.1 Å². The molecule has 2 aromatic carbocycles. The molecule has 0 saturated carbocycles. The molecule has 0 aliphatic rings. The van der Waals surface area contributed by atoms with Crippen LogP contribution in [-0.2, 0) is 10.8 Å². The fourth-order valence-corrected chi connectivity index (χ4v) is 5.00. The lowest BCUT2D eigenvalue weighted by atomic mass is 9.86. The predicted octanol–water partition coefficient (Wildman–Crippen LogP) is 8.23. The standard InChI is InChI=1S/C30H40N2O2Si2/c1-29(2,3)23-15-13-21(27(19-23)33-35(9)10)17-25(31-7)26(32-8)18-22-14-16-24(30(4,5)6)20-28(22)34-36(11)12/h13-20,35-36H,1-6,9-12H3. The minimum Gasteiger partial charge on any atom is -0.547 e. The van der Waals surface area contributed by atoms with Crippen molar-refractivity contribution in [3.05, 3.63) is 92.9 Å². The van der Waals surface area contributed by atoms with E-state index in [0.717, 1.165) is 22.6 Å². The Hall–Kier alpha value is -3.07. The van der Waals surface area contributed by atoms with Crippen molar-refractivity contribution in [3.8, 4) is 11.5 Å². The quantitative estimate of drug-likeness (QED) is 0.210. The van der Waals surface area contributed by atoms with E-state index in [1.165, 1.54) is 11.1 Å². The Balaban J connectivity index is 2.65. The minimum atomic E-state index is -1.38. The van der Waals surface area contributed by atoms with Crippen LogP contribution in [0.4, 0.5) is 0 Å². The number of hydrogen-bond donors (Lipinski definition) is 0. The van der Waals surface area contributed by atoms with Crippen molar-refractivity contribution in [2.24, 2.45) is 0 Å². The van der Waals surface area contributed by atoms with Crippen molar-refractivity contribution in [2.45, 2.75) is 78.6 Å².